The zero-order chi connectivity index (χ0) is 11.4. The van der Waals surface area contributed by atoms with Crippen molar-refractivity contribution in [2.45, 2.75) is 25.4 Å². The summed E-state index contributed by atoms with van der Waals surface area (Å²) in [5.74, 6) is 0.724. The van der Waals surface area contributed by atoms with Crippen LogP contribution in [0.4, 0.5) is 0 Å². The van der Waals surface area contributed by atoms with Gasteiger partial charge in [-0.25, -0.2) is 4.98 Å². The Bertz CT molecular complexity index is 343. The molecule has 2 heterocycles. The summed E-state index contributed by atoms with van der Waals surface area (Å²) >= 11 is 0. The molecule has 0 saturated carbocycles. The van der Waals surface area contributed by atoms with E-state index in [-0.39, 0.29) is 0 Å². The highest BCUT2D eigenvalue weighted by molar-refractivity contribution is 5.25. The van der Waals surface area contributed by atoms with Gasteiger partial charge in [-0.1, -0.05) is 6.07 Å². The van der Waals surface area contributed by atoms with Crippen molar-refractivity contribution in [2.24, 2.45) is 5.73 Å². The molecule has 4 nitrogen and oxygen atoms in total. The maximum absolute atomic E-state index is 5.96. The molecule has 1 aliphatic rings. The molecular formula is C12H19N3O. The molecule has 16 heavy (non-hydrogen) atoms. The van der Waals surface area contributed by atoms with Crippen molar-refractivity contribution in [3.05, 3.63) is 23.9 Å². The van der Waals surface area contributed by atoms with E-state index in [1.54, 1.807) is 13.3 Å². The number of nitrogens with two attached hydrogens (primary N) is 1. The molecule has 0 bridgehead atoms. The predicted molar refractivity (Wildman–Crippen MR) is 63.3 cm³/mol. The number of likely N-dealkylation sites (tertiary alicyclic amines) is 1. The molecule has 1 saturated heterocycles. The Hall–Kier alpha value is -1.13. The van der Waals surface area contributed by atoms with Crippen LogP contribution in [0.1, 0.15) is 18.4 Å². The Balaban J connectivity index is 2.02. The molecule has 0 unspecified atom stereocenters. The summed E-state index contributed by atoms with van der Waals surface area (Å²) in [6.45, 7) is 2.97. The number of rotatable bonds is 3. The van der Waals surface area contributed by atoms with E-state index in [0.717, 1.165) is 37.5 Å². The number of ether oxygens (including phenoxy) is 1. The summed E-state index contributed by atoms with van der Waals surface area (Å²) in [4.78, 5) is 6.57. The Morgan fingerprint density at radius 1 is 1.62 bits per heavy atom. The maximum atomic E-state index is 5.96. The van der Waals surface area contributed by atoms with Crippen molar-refractivity contribution in [1.82, 2.24) is 9.88 Å². The normalized spacial score (nSPS) is 22.0. The van der Waals surface area contributed by atoms with Crippen LogP contribution in [0.25, 0.3) is 0 Å². The third kappa shape index (κ3) is 2.71. The number of nitrogens with zero attached hydrogens (tertiary/aromatic N) is 2. The number of hydrogen-bond donors (Lipinski definition) is 1. The monoisotopic (exact) mass is 221 g/mol. The Kier molecular flexibility index (Phi) is 3.74. The van der Waals surface area contributed by atoms with E-state index in [9.17, 15) is 0 Å². The zero-order valence-corrected chi connectivity index (χ0v) is 9.72. The molecule has 2 rings (SSSR count). The Labute approximate surface area is 96.4 Å². The van der Waals surface area contributed by atoms with Crippen LogP contribution in [0.15, 0.2) is 18.3 Å². The molecule has 1 atom stereocenters. The van der Waals surface area contributed by atoms with Crippen LogP contribution in [0, 0.1) is 0 Å². The first-order valence-electron chi connectivity index (χ1n) is 5.75. The van der Waals surface area contributed by atoms with Crippen molar-refractivity contribution in [2.75, 3.05) is 20.2 Å². The van der Waals surface area contributed by atoms with Crippen molar-refractivity contribution in [3.8, 4) is 5.88 Å². The quantitative estimate of drug-likeness (QED) is 0.827. The maximum Gasteiger partial charge on any atom is 0.217 e. The highest BCUT2D eigenvalue weighted by atomic mass is 16.5. The molecule has 0 aliphatic carbocycles. The topological polar surface area (TPSA) is 51.4 Å². The van der Waals surface area contributed by atoms with Gasteiger partial charge in [-0.15, -0.1) is 0 Å². The molecule has 4 heteroatoms. The lowest BCUT2D eigenvalue weighted by Gasteiger charge is -2.30. The molecule has 0 spiro atoms. The summed E-state index contributed by atoms with van der Waals surface area (Å²) in [6.07, 6.45) is 4.08. The van der Waals surface area contributed by atoms with Crippen LogP contribution >= 0.6 is 0 Å². The number of pyridine rings is 1. The first kappa shape index (κ1) is 11.4. The third-order valence-electron chi connectivity index (χ3n) is 2.98. The second-order valence-electron chi connectivity index (χ2n) is 4.31. The summed E-state index contributed by atoms with van der Waals surface area (Å²) < 4.78 is 5.24. The Morgan fingerprint density at radius 3 is 3.25 bits per heavy atom. The van der Waals surface area contributed by atoms with E-state index in [4.69, 9.17) is 10.5 Å². The van der Waals surface area contributed by atoms with Crippen LogP contribution in [0.2, 0.25) is 0 Å². The molecule has 88 valence electrons. The zero-order valence-electron chi connectivity index (χ0n) is 9.72. The minimum absolute atomic E-state index is 0.316. The van der Waals surface area contributed by atoms with Gasteiger partial charge in [-0.3, -0.25) is 4.90 Å². The lowest BCUT2D eigenvalue weighted by Crippen LogP contribution is -2.42. The van der Waals surface area contributed by atoms with Crippen LogP contribution < -0.4 is 10.5 Å². The van der Waals surface area contributed by atoms with Gasteiger partial charge in [0.25, 0.3) is 0 Å². The predicted octanol–water partition coefficient (Wildman–Crippen LogP) is 1.01. The molecule has 1 aromatic heterocycles. The average molecular weight is 221 g/mol. The van der Waals surface area contributed by atoms with E-state index in [2.05, 4.69) is 16.0 Å². The Morgan fingerprint density at radius 2 is 2.50 bits per heavy atom. The number of piperidine rings is 1. The first-order chi connectivity index (χ1) is 7.79. The fourth-order valence-electron chi connectivity index (χ4n) is 2.20. The second kappa shape index (κ2) is 5.27. The first-order valence-corrected chi connectivity index (χ1v) is 5.75. The number of methoxy groups -OCH3 is 1. The van der Waals surface area contributed by atoms with Gasteiger partial charge in [0.1, 0.15) is 0 Å². The van der Waals surface area contributed by atoms with Crippen molar-refractivity contribution >= 4 is 0 Å². The van der Waals surface area contributed by atoms with E-state index in [1.165, 1.54) is 6.42 Å². The van der Waals surface area contributed by atoms with Gasteiger partial charge in [0.05, 0.1) is 7.11 Å². The fourth-order valence-corrected chi connectivity index (χ4v) is 2.20. The van der Waals surface area contributed by atoms with Gasteiger partial charge < -0.3 is 10.5 Å². The standard InChI is InChI=1S/C12H19N3O/c1-16-12-10(4-2-6-14-12)8-15-7-3-5-11(13)9-15/h2,4,6,11H,3,5,7-9,13H2,1H3/t11-/m1/s1. The lowest BCUT2D eigenvalue weighted by atomic mass is 10.1. The lowest BCUT2D eigenvalue weighted by molar-refractivity contribution is 0.199. The van der Waals surface area contributed by atoms with Gasteiger partial charge in [-0.05, 0) is 25.5 Å². The van der Waals surface area contributed by atoms with E-state index < -0.39 is 0 Å². The highest BCUT2D eigenvalue weighted by Crippen LogP contribution is 2.18. The number of hydrogen-bond acceptors (Lipinski definition) is 4. The molecule has 0 aromatic carbocycles. The fraction of sp³-hybridized carbons (Fsp3) is 0.583. The highest BCUT2D eigenvalue weighted by Gasteiger charge is 2.17. The molecular weight excluding hydrogens is 202 g/mol. The van der Waals surface area contributed by atoms with Crippen LogP contribution in [0.5, 0.6) is 5.88 Å². The molecule has 1 fully saturated rings. The van der Waals surface area contributed by atoms with Crippen LogP contribution in [0.3, 0.4) is 0 Å². The minimum Gasteiger partial charge on any atom is -0.481 e. The molecule has 2 N–H and O–H groups in total. The van der Waals surface area contributed by atoms with Crippen LogP contribution in [-0.4, -0.2) is 36.1 Å². The van der Waals surface area contributed by atoms with Crippen molar-refractivity contribution in [1.29, 1.82) is 0 Å². The molecule has 0 radical (unpaired) electrons. The van der Waals surface area contributed by atoms with Gasteiger partial charge in [-0.2, -0.15) is 0 Å². The SMILES string of the molecule is COc1ncccc1CN1CCC[C@@H](N)C1. The average Bonchev–Trinajstić information content (AvgIpc) is 2.30. The van der Waals surface area contributed by atoms with Gasteiger partial charge in [0.15, 0.2) is 0 Å². The van der Waals surface area contributed by atoms with Crippen molar-refractivity contribution in [3.63, 3.8) is 0 Å². The van der Waals surface area contributed by atoms with Crippen LogP contribution in [-0.2, 0) is 6.54 Å². The van der Waals surface area contributed by atoms with E-state index in [0.29, 0.717) is 6.04 Å². The largest absolute Gasteiger partial charge is 0.481 e. The number of aromatic nitrogens is 1. The smallest absolute Gasteiger partial charge is 0.217 e. The van der Waals surface area contributed by atoms with Gasteiger partial charge >= 0.3 is 0 Å². The summed E-state index contributed by atoms with van der Waals surface area (Å²) in [5, 5.41) is 0. The van der Waals surface area contributed by atoms with Gasteiger partial charge in [0, 0.05) is 30.9 Å². The third-order valence-corrected chi connectivity index (χ3v) is 2.98. The van der Waals surface area contributed by atoms with Gasteiger partial charge in [0.2, 0.25) is 5.88 Å². The second-order valence-corrected chi connectivity index (χ2v) is 4.31. The molecule has 0 amide bonds. The molecule has 1 aliphatic heterocycles. The summed E-state index contributed by atoms with van der Waals surface area (Å²) in [7, 11) is 1.66. The summed E-state index contributed by atoms with van der Waals surface area (Å²) in [6, 6.07) is 4.32. The van der Waals surface area contributed by atoms with E-state index in [1.807, 2.05) is 6.07 Å². The minimum atomic E-state index is 0.316. The molecule has 1 aromatic rings. The van der Waals surface area contributed by atoms with E-state index >= 15 is 0 Å². The van der Waals surface area contributed by atoms with Crippen molar-refractivity contribution < 1.29 is 4.74 Å². The summed E-state index contributed by atoms with van der Waals surface area (Å²) in [5.41, 5.74) is 7.10.